The van der Waals surface area contributed by atoms with Gasteiger partial charge in [-0.05, 0) is 38.1 Å². The third kappa shape index (κ3) is 2.96. The lowest BCUT2D eigenvalue weighted by Gasteiger charge is -2.33. The quantitative estimate of drug-likeness (QED) is 0.770. The van der Waals surface area contributed by atoms with Gasteiger partial charge < -0.3 is 15.6 Å². The van der Waals surface area contributed by atoms with Crippen molar-refractivity contribution >= 4 is 0 Å². The molecule has 0 aromatic carbocycles. The molecule has 0 aromatic heterocycles. The van der Waals surface area contributed by atoms with Crippen LogP contribution in [0.5, 0.6) is 0 Å². The van der Waals surface area contributed by atoms with Crippen molar-refractivity contribution in [2.45, 2.75) is 63.1 Å². The highest BCUT2D eigenvalue weighted by molar-refractivity contribution is 4.85. The van der Waals surface area contributed by atoms with Gasteiger partial charge in [-0.15, -0.1) is 0 Å². The van der Waals surface area contributed by atoms with Crippen molar-refractivity contribution in [1.82, 2.24) is 0 Å². The molecule has 94 valence electrons. The van der Waals surface area contributed by atoms with E-state index < -0.39 is 5.60 Å². The Morgan fingerprint density at radius 3 is 2.50 bits per heavy atom. The van der Waals surface area contributed by atoms with Crippen LogP contribution in [0.25, 0.3) is 0 Å². The van der Waals surface area contributed by atoms with E-state index in [1.54, 1.807) is 0 Å². The van der Waals surface area contributed by atoms with Crippen LogP contribution in [0.3, 0.4) is 0 Å². The number of hydrogen-bond acceptors (Lipinski definition) is 3. The van der Waals surface area contributed by atoms with Crippen molar-refractivity contribution in [3.8, 4) is 0 Å². The number of ether oxygens (including phenoxy) is 1. The fraction of sp³-hybridized carbons (Fsp3) is 1.00. The maximum atomic E-state index is 10.2. The van der Waals surface area contributed by atoms with Crippen LogP contribution in [0, 0.1) is 5.92 Å². The van der Waals surface area contributed by atoms with Crippen LogP contribution in [0.2, 0.25) is 0 Å². The topological polar surface area (TPSA) is 55.5 Å². The highest BCUT2D eigenvalue weighted by atomic mass is 16.5. The third-order valence-electron chi connectivity index (χ3n) is 4.24. The summed E-state index contributed by atoms with van der Waals surface area (Å²) in [7, 11) is 0. The van der Waals surface area contributed by atoms with Gasteiger partial charge in [0.1, 0.15) is 0 Å². The first-order valence-corrected chi connectivity index (χ1v) is 6.77. The molecule has 2 atom stereocenters. The first-order valence-electron chi connectivity index (χ1n) is 6.77. The molecule has 0 saturated heterocycles. The average Bonchev–Trinajstić information content (AvgIpc) is 2.74. The Morgan fingerprint density at radius 1 is 1.12 bits per heavy atom. The summed E-state index contributed by atoms with van der Waals surface area (Å²) in [6.07, 6.45) is 9.25. The molecule has 0 heterocycles. The van der Waals surface area contributed by atoms with Gasteiger partial charge in [0.15, 0.2) is 0 Å². The maximum absolute atomic E-state index is 10.2. The number of hydrogen-bond donors (Lipinski definition) is 2. The fourth-order valence-corrected chi connectivity index (χ4v) is 3.10. The van der Waals surface area contributed by atoms with E-state index in [9.17, 15) is 5.11 Å². The summed E-state index contributed by atoms with van der Waals surface area (Å²) < 4.78 is 5.94. The zero-order valence-electron chi connectivity index (χ0n) is 10.2. The zero-order valence-corrected chi connectivity index (χ0v) is 10.2. The van der Waals surface area contributed by atoms with Gasteiger partial charge in [-0.2, -0.15) is 0 Å². The molecule has 0 bridgehead atoms. The number of nitrogens with two attached hydrogens (primary N) is 1. The average molecular weight is 227 g/mol. The summed E-state index contributed by atoms with van der Waals surface area (Å²) in [6, 6.07) is 0. The van der Waals surface area contributed by atoms with Crippen LogP contribution < -0.4 is 5.73 Å². The van der Waals surface area contributed by atoms with Crippen molar-refractivity contribution in [3.63, 3.8) is 0 Å². The smallest absolute Gasteiger partial charge is 0.0880 e. The normalized spacial score (nSPS) is 34.1. The third-order valence-corrected chi connectivity index (χ3v) is 4.24. The van der Waals surface area contributed by atoms with Crippen LogP contribution in [0.15, 0.2) is 0 Å². The second-order valence-electron chi connectivity index (χ2n) is 5.56. The predicted molar refractivity (Wildman–Crippen MR) is 64.2 cm³/mol. The molecular weight excluding hydrogens is 202 g/mol. The Balaban J connectivity index is 1.79. The largest absolute Gasteiger partial charge is 0.387 e. The molecule has 2 rings (SSSR count). The number of aliphatic hydroxyl groups is 1. The molecule has 0 amide bonds. The van der Waals surface area contributed by atoms with Gasteiger partial charge in [0.05, 0.1) is 18.3 Å². The molecule has 3 nitrogen and oxygen atoms in total. The molecule has 2 fully saturated rings. The van der Waals surface area contributed by atoms with Crippen molar-refractivity contribution in [1.29, 1.82) is 0 Å². The molecule has 3 N–H and O–H groups in total. The first-order chi connectivity index (χ1) is 7.73. The molecule has 2 saturated carbocycles. The first kappa shape index (κ1) is 12.3. The Labute approximate surface area is 98.4 Å². The minimum absolute atomic E-state index is 0.295. The molecule has 16 heavy (non-hydrogen) atoms. The van der Waals surface area contributed by atoms with Crippen molar-refractivity contribution in [2.75, 3.05) is 13.2 Å². The molecule has 3 heteroatoms. The highest BCUT2D eigenvalue weighted by Gasteiger charge is 2.33. The van der Waals surface area contributed by atoms with Crippen molar-refractivity contribution in [2.24, 2.45) is 11.7 Å². The number of rotatable bonds is 4. The van der Waals surface area contributed by atoms with Crippen molar-refractivity contribution in [3.05, 3.63) is 0 Å². The lowest BCUT2D eigenvalue weighted by atomic mass is 9.86. The minimum atomic E-state index is -0.531. The monoisotopic (exact) mass is 227 g/mol. The van der Waals surface area contributed by atoms with E-state index in [0.29, 0.717) is 18.6 Å². The molecule has 0 spiro atoms. The van der Waals surface area contributed by atoms with Gasteiger partial charge >= 0.3 is 0 Å². The van der Waals surface area contributed by atoms with E-state index in [1.807, 2.05) is 0 Å². The van der Waals surface area contributed by atoms with E-state index in [0.717, 1.165) is 38.6 Å². The lowest BCUT2D eigenvalue weighted by molar-refractivity contribution is -0.0920. The van der Waals surface area contributed by atoms with Crippen LogP contribution in [0.1, 0.15) is 51.4 Å². The van der Waals surface area contributed by atoms with Crippen molar-refractivity contribution < 1.29 is 9.84 Å². The predicted octanol–water partition coefficient (Wildman–Crippen LogP) is 1.83. The van der Waals surface area contributed by atoms with Gasteiger partial charge in [-0.25, -0.2) is 0 Å². The SMILES string of the molecule is NCC1CCCCC1OCC1(O)CCCC1. The van der Waals surface area contributed by atoms with Gasteiger partial charge in [0.25, 0.3) is 0 Å². The summed E-state index contributed by atoms with van der Waals surface area (Å²) in [5, 5.41) is 10.2. The molecular formula is C13H25NO2. The molecule has 0 radical (unpaired) electrons. The van der Waals surface area contributed by atoms with Gasteiger partial charge in [-0.1, -0.05) is 25.7 Å². The van der Waals surface area contributed by atoms with Gasteiger partial charge in [0, 0.05) is 0 Å². The summed E-state index contributed by atoms with van der Waals surface area (Å²) in [6.45, 7) is 1.25. The molecule has 0 aromatic rings. The van der Waals surface area contributed by atoms with Crippen LogP contribution >= 0.6 is 0 Å². The Kier molecular flexibility index (Phi) is 4.22. The Bertz CT molecular complexity index is 214. The highest BCUT2D eigenvalue weighted by Crippen LogP contribution is 2.32. The zero-order chi connectivity index (χ0) is 11.4. The molecule has 2 aliphatic carbocycles. The van der Waals surface area contributed by atoms with E-state index in [-0.39, 0.29) is 0 Å². The molecule has 2 aliphatic rings. The Hall–Kier alpha value is -0.120. The van der Waals surface area contributed by atoms with E-state index in [4.69, 9.17) is 10.5 Å². The summed E-state index contributed by atoms with van der Waals surface area (Å²) >= 11 is 0. The second kappa shape index (κ2) is 5.48. The lowest BCUT2D eigenvalue weighted by Crippen LogP contribution is -2.38. The van der Waals surface area contributed by atoms with Crippen LogP contribution in [0.4, 0.5) is 0 Å². The molecule has 0 aliphatic heterocycles. The second-order valence-corrected chi connectivity index (χ2v) is 5.56. The van der Waals surface area contributed by atoms with E-state index in [2.05, 4.69) is 0 Å². The maximum Gasteiger partial charge on any atom is 0.0880 e. The standard InChI is InChI=1S/C13H25NO2/c14-9-11-5-1-2-6-12(11)16-10-13(15)7-3-4-8-13/h11-12,15H,1-10,14H2. The van der Waals surface area contributed by atoms with Gasteiger partial charge in [0.2, 0.25) is 0 Å². The molecule has 2 unspecified atom stereocenters. The summed E-state index contributed by atoms with van der Waals surface area (Å²) in [5.74, 6) is 0.513. The minimum Gasteiger partial charge on any atom is -0.387 e. The fourth-order valence-electron chi connectivity index (χ4n) is 3.10. The van der Waals surface area contributed by atoms with Gasteiger partial charge in [-0.3, -0.25) is 0 Å². The van der Waals surface area contributed by atoms with Crippen LogP contribution in [-0.2, 0) is 4.74 Å². The Morgan fingerprint density at radius 2 is 1.81 bits per heavy atom. The van der Waals surface area contributed by atoms with E-state index in [1.165, 1.54) is 19.3 Å². The summed E-state index contributed by atoms with van der Waals surface area (Å²) in [5.41, 5.74) is 5.24. The van der Waals surface area contributed by atoms with Crippen LogP contribution in [-0.4, -0.2) is 30.0 Å². The van der Waals surface area contributed by atoms with E-state index >= 15 is 0 Å². The summed E-state index contributed by atoms with van der Waals surface area (Å²) in [4.78, 5) is 0.